The quantitative estimate of drug-likeness (QED) is 0.774. The predicted octanol–water partition coefficient (Wildman–Crippen LogP) is 2.94. The second-order valence-electron chi connectivity index (χ2n) is 5.51. The molecule has 3 unspecified atom stereocenters. The molecule has 1 heterocycles. The number of carbonyl (C=O) groups excluding carboxylic acids is 1. The van der Waals surface area contributed by atoms with Gasteiger partial charge in [-0.05, 0) is 31.2 Å². The van der Waals surface area contributed by atoms with E-state index in [-0.39, 0.29) is 18.0 Å². The maximum atomic E-state index is 12.0. The highest BCUT2D eigenvalue weighted by molar-refractivity contribution is 5.70. The molecule has 0 amide bonds. The van der Waals surface area contributed by atoms with Crippen LogP contribution in [0.4, 0.5) is 0 Å². The van der Waals surface area contributed by atoms with Crippen LogP contribution in [0.1, 0.15) is 38.2 Å². The van der Waals surface area contributed by atoms with Gasteiger partial charge in [0.1, 0.15) is 6.10 Å². The van der Waals surface area contributed by atoms with Crippen molar-refractivity contribution in [2.24, 2.45) is 5.92 Å². The van der Waals surface area contributed by atoms with Gasteiger partial charge in [0, 0.05) is 25.4 Å². The van der Waals surface area contributed by atoms with Crippen LogP contribution in [0, 0.1) is 12.3 Å². The lowest BCUT2D eigenvalue weighted by Crippen LogP contribution is -2.27. The Morgan fingerprint density at radius 3 is 2.75 bits per heavy atom. The Hall–Kier alpha value is -1.35. The summed E-state index contributed by atoms with van der Waals surface area (Å²) >= 11 is 0. The largest absolute Gasteiger partial charge is 0.462 e. The van der Waals surface area contributed by atoms with Crippen LogP contribution < -0.4 is 5.32 Å². The molecule has 2 rings (SSSR count). The zero-order chi connectivity index (χ0) is 14.4. The zero-order valence-corrected chi connectivity index (χ0v) is 12.3. The normalized spacial score (nSPS) is 19.3. The van der Waals surface area contributed by atoms with Crippen LogP contribution in [0.3, 0.4) is 0 Å². The van der Waals surface area contributed by atoms with Crippen LogP contribution in [-0.2, 0) is 9.53 Å². The number of hydrogen-bond acceptors (Lipinski definition) is 2. The molecular formula is C17H23NO2. The number of ether oxygens (including phenoxy) is 1. The monoisotopic (exact) mass is 273 g/mol. The lowest BCUT2D eigenvalue weighted by Gasteiger charge is -2.24. The molecule has 3 nitrogen and oxygen atoms in total. The smallest absolute Gasteiger partial charge is 0.306 e. The van der Waals surface area contributed by atoms with Crippen molar-refractivity contribution in [3.63, 3.8) is 0 Å². The SMILES string of the molecule is CC(OC(=O)CC1[CH]C[N]CC1)C(C)c1ccccc1. The molecule has 1 aliphatic rings. The number of hydrogen-bond donors (Lipinski definition) is 0. The maximum Gasteiger partial charge on any atom is 0.306 e. The molecule has 1 aliphatic heterocycles. The van der Waals surface area contributed by atoms with Gasteiger partial charge in [0.25, 0.3) is 0 Å². The van der Waals surface area contributed by atoms with Crippen LogP contribution in [0.25, 0.3) is 0 Å². The number of piperidine rings is 1. The average Bonchev–Trinajstić information content (AvgIpc) is 2.48. The molecule has 108 valence electrons. The van der Waals surface area contributed by atoms with Crippen molar-refractivity contribution in [2.45, 2.75) is 38.7 Å². The van der Waals surface area contributed by atoms with E-state index in [1.807, 2.05) is 25.1 Å². The lowest BCUT2D eigenvalue weighted by molar-refractivity contribution is -0.150. The first kappa shape index (κ1) is 15.0. The molecule has 1 fully saturated rings. The Labute approximate surface area is 121 Å². The molecule has 2 radical (unpaired) electrons. The second-order valence-corrected chi connectivity index (χ2v) is 5.51. The molecule has 1 aromatic carbocycles. The van der Waals surface area contributed by atoms with Crippen molar-refractivity contribution < 1.29 is 9.53 Å². The van der Waals surface area contributed by atoms with Crippen molar-refractivity contribution in [2.75, 3.05) is 13.1 Å². The van der Waals surface area contributed by atoms with E-state index in [1.54, 1.807) is 0 Å². The van der Waals surface area contributed by atoms with Crippen LogP contribution >= 0.6 is 0 Å². The number of esters is 1. The minimum absolute atomic E-state index is 0.0940. The molecule has 0 bridgehead atoms. The average molecular weight is 273 g/mol. The summed E-state index contributed by atoms with van der Waals surface area (Å²) < 4.78 is 5.58. The molecule has 3 heteroatoms. The summed E-state index contributed by atoms with van der Waals surface area (Å²) in [5, 5.41) is 4.26. The fourth-order valence-electron chi connectivity index (χ4n) is 2.47. The third kappa shape index (κ3) is 4.34. The van der Waals surface area contributed by atoms with Gasteiger partial charge < -0.3 is 4.74 Å². The Morgan fingerprint density at radius 2 is 2.10 bits per heavy atom. The van der Waals surface area contributed by atoms with Gasteiger partial charge in [-0.25, -0.2) is 5.32 Å². The van der Waals surface area contributed by atoms with Gasteiger partial charge in [0.05, 0.1) is 0 Å². The molecule has 0 saturated carbocycles. The van der Waals surface area contributed by atoms with Gasteiger partial charge in [0.15, 0.2) is 0 Å². The second kappa shape index (κ2) is 7.44. The summed E-state index contributed by atoms with van der Waals surface area (Å²) in [6.45, 7) is 5.70. The maximum absolute atomic E-state index is 12.0. The molecule has 1 aromatic rings. The van der Waals surface area contributed by atoms with Crippen molar-refractivity contribution in [3.8, 4) is 0 Å². The van der Waals surface area contributed by atoms with E-state index < -0.39 is 0 Å². The van der Waals surface area contributed by atoms with E-state index in [2.05, 4.69) is 30.8 Å². The molecule has 0 N–H and O–H groups in total. The standard InChI is InChI=1S/C17H23NO2/c1-13(16-6-4-3-5-7-16)14(2)20-17(19)12-15-8-10-18-11-9-15/h3-8,13-15H,9-12H2,1-2H3. The van der Waals surface area contributed by atoms with E-state index >= 15 is 0 Å². The van der Waals surface area contributed by atoms with E-state index in [0.29, 0.717) is 12.3 Å². The minimum Gasteiger partial charge on any atom is -0.462 e. The van der Waals surface area contributed by atoms with Crippen molar-refractivity contribution >= 4 is 5.97 Å². The Bertz CT molecular complexity index is 412. The first-order valence-electron chi connectivity index (χ1n) is 7.38. The van der Waals surface area contributed by atoms with Gasteiger partial charge >= 0.3 is 5.97 Å². The fraction of sp³-hybridized carbons (Fsp3) is 0.529. The Balaban J connectivity index is 1.81. The zero-order valence-electron chi connectivity index (χ0n) is 12.3. The topological polar surface area (TPSA) is 40.4 Å². The number of carbonyl (C=O) groups is 1. The molecule has 0 aromatic heterocycles. The van der Waals surface area contributed by atoms with E-state index in [4.69, 9.17) is 4.74 Å². The van der Waals surface area contributed by atoms with Crippen LogP contribution in [-0.4, -0.2) is 25.2 Å². The summed E-state index contributed by atoms with van der Waals surface area (Å²) in [5.41, 5.74) is 1.20. The van der Waals surface area contributed by atoms with Crippen LogP contribution in [0.15, 0.2) is 30.3 Å². The molecule has 1 saturated heterocycles. The van der Waals surface area contributed by atoms with Gasteiger partial charge in [-0.1, -0.05) is 37.3 Å². The molecular weight excluding hydrogens is 250 g/mol. The fourth-order valence-corrected chi connectivity index (χ4v) is 2.47. The predicted molar refractivity (Wildman–Crippen MR) is 79.3 cm³/mol. The molecule has 0 spiro atoms. The van der Waals surface area contributed by atoms with Gasteiger partial charge in [-0.2, -0.15) is 0 Å². The lowest BCUT2D eigenvalue weighted by atomic mass is 9.94. The first-order valence-corrected chi connectivity index (χ1v) is 7.38. The molecule has 20 heavy (non-hydrogen) atoms. The third-order valence-electron chi connectivity index (χ3n) is 4.00. The Morgan fingerprint density at radius 1 is 1.35 bits per heavy atom. The van der Waals surface area contributed by atoms with Crippen molar-refractivity contribution in [1.82, 2.24) is 5.32 Å². The summed E-state index contributed by atoms with van der Waals surface area (Å²) in [6.07, 6.45) is 3.48. The number of benzene rings is 1. The summed E-state index contributed by atoms with van der Waals surface area (Å²) in [4.78, 5) is 12.0. The number of rotatable bonds is 5. The summed E-state index contributed by atoms with van der Waals surface area (Å²) in [6, 6.07) is 10.2. The minimum atomic E-state index is -0.0989. The van der Waals surface area contributed by atoms with E-state index in [0.717, 1.165) is 19.5 Å². The van der Waals surface area contributed by atoms with Gasteiger partial charge in [-0.15, -0.1) is 0 Å². The van der Waals surface area contributed by atoms with Crippen LogP contribution in [0.2, 0.25) is 0 Å². The van der Waals surface area contributed by atoms with E-state index in [9.17, 15) is 4.79 Å². The number of nitrogens with zero attached hydrogens (tertiary/aromatic N) is 1. The molecule has 0 aliphatic carbocycles. The first-order chi connectivity index (χ1) is 9.66. The van der Waals surface area contributed by atoms with Crippen LogP contribution in [0.5, 0.6) is 0 Å². The highest BCUT2D eigenvalue weighted by atomic mass is 16.5. The summed E-state index contributed by atoms with van der Waals surface area (Å²) in [5.74, 6) is 0.452. The molecule has 3 atom stereocenters. The van der Waals surface area contributed by atoms with Crippen molar-refractivity contribution in [1.29, 1.82) is 0 Å². The van der Waals surface area contributed by atoms with Crippen molar-refractivity contribution in [3.05, 3.63) is 42.3 Å². The third-order valence-corrected chi connectivity index (χ3v) is 4.00. The Kier molecular flexibility index (Phi) is 5.60. The highest BCUT2D eigenvalue weighted by Crippen LogP contribution is 2.23. The van der Waals surface area contributed by atoms with E-state index in [1.165, 1.54) is 5.56 Å². The van der Waals surface area contributed by atoms with Gasteiger partial charge in [0.2, 0.25) is 0 Å². The highest BCUT2D eigenvalue weighted by Gasteiger charge is 2.22. The summed E-state index contributed by atoms with van der Waals surface area (Å²) in [7, 11) is 0. The van der Waals surface area contributed by atoms with Gasteiger partial charge in [-0.3, -0.25) is 4.79 Å².